The summed E-state index contributed by atoms with van der Waals surface area (Å²) < 4.78 is 0. The lowest BCUT2D eigenvalue weighted by molar-refractivity contribution is -0.118. The summed E-state index contributed by atoms with van der Waals surface area (Å²) in [5, 5.41) is 60.8. The van der Waals surface area contributed by atoms with Gasteiger partial charge < -0.3 is 31.1 Å². The van der Waals surface area contributed by atoms with Gasteiger partial charge in [-0.1, -0.05) is 12.1 Å². The summed E-state index contributed by atoms with van der Waals surface area (Å²) >= 11 is 0. The van der Waals surface area contributed by atoms with Crippen LogP contribution in [0.3, 0.4) is 0 Å². The van der Waals surface area contributed by atoms with Crippen LogP contribution in [-0.4, -0.2) is 45.3 Å². The number of nitrogens with zero attached hydrogens (tertiary/aromatic N) is 2. The molecule has 2 aromatic carbocycles. The van der Waals surface area contributed by atoms with Crippen molar-refractivity contribution in [2.75, 3.05) is 13.1 Å². The molecule has 0 aromatic heterocycles. The third kappa shape index (κ3) is 6.27. The Bertz CT molecular complexity index is 1090. The van der Waals surface area contributed by atoms with Crippen LogP contribution in [0.4, 0.5) is 0 Å². The number of phenols is 4. The Morgan fingerprint density at radius 2 is 1.09 bits per heavy atom. The lowest BCUT2D eigenvalue weighted by atomic mass is 10.1. The molecule has 0 spiro atoms. The lowest BCUT2D eigenvalue weighted by Crippen LogP contribution is -2.35. The van der Waals surface area contributed by atoms with Crippen molar-refractivity contribution < 1.29 is 30.0 Å². The van der Waals surface area contributed by atoms with Crippen molar-refractivity contribution in [1.29, 1.82) is 10.5 Å². The fraction of sp³-hybridized carbons (Fsp3) is 0.0909. The fourth-order valence-electron chi connectivity index (χ4n) is 2.43. The van der Waals surface area contributed by atoms with Crippen molar-refractivity contribution in [3.63, 3.8) is 0 Å². The average Bonchev–Trinajstić information content (AvgIpc) is 2.77. The Hall–Kier alpha value is -4.96. The zero-order chi connectivity index (χ0) is 23.7. The van der Waals surface area contributed by atoms with Crippen molar-refractivity contribution >= 4 is 24.0 Å². The molecular formula is C22H18N4O6. The maximum Gasteiger partial charge on any atom is 0.262 e. The average molecular weight is 434 g/mol. The van der Waals surface area contributed by atoms with Crippen LogP contribution in [0.5, 0.6) is 23.0 Å². The van der Waals surface area contributed by atoms with E-state index in [2.05, 4.69) is 10.6 Å². The van der Waals surface area contributed by atoms with Gasteiger partial charge in [-0.3, -0.25) is 9.59 Å². The predicted molar refractivity (Wildman–Crippen MR) is 113 cm³/mol. The number of nitrogens with one attached hydrogen (secondary N) is 2. The molecular weight excluding hydrogens is 416 g/mol. The van der Waals surface area contributed by atoms with Crippen molar-refractivity contribution in [1.82, 2.24) is 10.6 Å². The zero-order valence-corrected chi connectivity index (χ0v) is 16.5. The third-order valence-electron chi connectivity index (χ3n) is 4.05. The minimum Gasteiger partial charge on any atom is -0.504 e. The first-order chi connectivity index (χ1) is 15.2. The SMILES string of the molecule is N#C/C(=C/c1ccc(O)c(O)c1)C(=O)NCCNC(=O)/C(C#N)=C/c1ccc(O)c(O)c1. The van der Waals surface area contributed by atoms with Crippen LogP contribution in [0, 0.1) is 22.7 Å². The maximum absolute atomic E-state index is 12.1. The quantitative estimate of drug-likeness (QED) is 0.163. The van der Waals surface area contributed by atoms with E-state index < -0.39 is 23.3 Å². The molecule has 0 aliphatic rings. The van der Waals surface area contributed by atoms with Crippen LogP contribution < -0.4 is 10.6 Å². The van der Waals surface area contributed by atoms with Gasteiger partial charge in [-0.05, 0) is 47.5 Å². The van der Waals surface area contributed by atoms with Gasteiger partial charge in [0.05, 0.1) is 0 Å². The van der Waals surface area contributed by atoms with E-state index in [0.717, 1.165) is 0 Å². The fourth-order valence-corrected chi connectivity index (χ4v) is 2.43. The number of benzene rings is 2. The summed E-state index contributed by atoms with van der Waals surface area (Å²) in [6, 6.07) is 11.1. The first kappa shape index (κ1) is 23.3. The van der Waals surface area contributed by atoms with Crippen LogP contribution in [0.15, 0.2) is 47.5 Å². The smallest absolute Gasteiger partial charge is 0.262 e. The van der Waals surface area contributed by atoms with E-state index in [1.54, 1.807) is 12.1 Å². The van der Waals surface area contributed by atoms with Crippen LogP contribution in [0.25, 0.3) is 12.2 Å². The van der Waals surface area contributed by atoms with Gasteiger partial charge in [-0.2, -0.15) is 10.5 Å². The molecule has 10 nitrogen and oxygen atoms in total. The van der Waals surface area contributed by atoms with Gasteiger partial charge in [0.25, 0.3) is 11.8 Å². The van der Waals surface area contributed by atoms with Gasteiger partial charge in [0.15, 0.2) is 23.0 Å². The Balaban J connectivity index is 1.93. The molecule has 32 heavy (non-hydrogen) atoms. The Kier molecular flexibility index (Phi) is 7.81. The van der Waals surface area contributed by atoms with E-state index in [1.165, 1.54) is 48.6 Å². The van der Waals surface area contributed by atoms with Crippen LogP contribution in [0.2, 0.25) is 0 Å². The minimum absolute atomic E-state index is 0.0386. The first-order valence-electron chi connectivity index (χ1n) is 9.09. The largest absolute Gasteiger partial charge is 0.504 e. The van der Waals surface area contributed by atoms with Crippen molar-refractivity contribution in [3.05, 3.63) is 58.7 Å². The summed E-state index contributed by atoms with van der Waals surface area (Å²) in [6.07, 6.45) is 2.44. The second kappa shape index (κ2) is 10.7. The molecule has 2 amide bonds. The Labute approximate surface area is 182 Å². The molecule has 0 atom stereocenters. The standard InChI is InChI=1S/C22H18N4O6/c23-11-15(7-13-1-3-17(27)19(29)9-13)21(31)25-5-6-26-22(32)16(12-24)8-14-2-4-18(28)20(30)10-14/h1-4,7-10,27-30H,5-6H2,(H,25,31)(H,26,32)/b15-7-,16-8+. The monoisotopic (exact) mass is 434 g/mol. The predicted octanol–water partition coefficient (Wildman–Crippen LogP) is 1.26. The third-order valence-corrected chi connectivity index (χ3v) is 4.05. The number of rotatable bonds is 7. The number of phenolic OH excluding ortho intramolecular Hbond substituents is 4. The van der Waals surface area contributed by atoms with E-state index in [9.17, 15) is 40.5 Å². The van der Waals surface area contributed by atoms with Crippen molar-refractivity contribution in [2.45, 2.75) is 0 Å². The summed E-state index contributed by atoms with van der Waals surface area (Å²) in [7, 11) is 0. The Morgan fingerprint density at radius 3 is 1.41 bits per heavy atom. The number of hydrogen-bond donors (Lipinski definition) is 6. The minimum atomic E-state index is -0.718. The summed E-state index contributed by atoms with van der Waals surface area (Å²) in [4.78, 5) is 24.3. The molecule has 0 fully saturated rings. The number of carbonyl (C=O) groups excluding carboxylic acids is 2. The number of carbonyl (C=O) groups is 2. The van der Waals surface area contributed by atoms with E-state index in [1.807, 2.05) is 0 Å². The van der Waals surface area contributed by atoms with E-state index in [4.69, 9.17) is 0 Å². The molecule has 162 valence electrons. The van der Waals surface area contributed by atoms with Crippen LogP contribution >= 0.6 is 0 Å². The van der Waals surface area contributed by atoms with Crippen LogP contribution in [-0.2, 0) is 9.59 Å². The molecule has 10 heteroatoms. The second-order valence-electron chi connectivity index (χ2n) is 6.35. The van der Waals surface area contributed by atoms with Crippen molar-refractivity contribution in [2.24, 2.45) is 0 Å². The lowest BCUT2D eigenvalue weighted by Gasteiger charge is -2.07. The second-order valence-corrected chi connectivity index (χ2v) is 6.35. The number of hydrogen-bond acceptors (Lipinski definition) is 8. The maximum atomic E-state index is 12.1. The van der Waals surface area contributed by atoms with Gasteiger partial charge in [0.2, 0.25) is 0 Å². The highest BCUT2D eigenvalue weighted by Gasteiger charge is 2.12. The number of aromatic hydroxyl groups is 4. The topological polar surface area (TPSA) is 187 Å². The molecule has 0 saturated carbocycles. The molecule has 0 aliphatic carbocycles. The molecule has 0 bridgehead atoms. The normalized spacial score (nSPS) is 11.2. The molecule has 0 unspecified atom stereocenters. The molecule has 2 aromatic rings. The summed E-state index contributed by atoms with van der Waals surface area (Å²) in [5.41, 5.74) is 0.131. The molecule has 2 rings (SSSR count). The number of nitriles is 2. The zero-order valence-electron chi connectivity index (χ0n) is 16.5. The molecule has 0 heterocycles. The van der Waals surface area contributed by atoms with Gasteiger partial charge in [0.1, 0.15) is 23.3 Å². The highest BCUT2D eigenvalue weighted by molar-refractivity contribution is 6.02. The molecule has 6 N–H and O–H groups in total. The Morgan fingerprint density at radius 1 is 0.719 bits per heavy atom. The number of amides is 2. The molecule has 0 aliphatic heterocycles. The van der Waals surface area contributed by atoms with Gasteiger partial charge >= 0.3 is 0 Å². The van der Waals surface area contributed by atoms with E-state index >= 15 is 0 Å². The molecule has 0 saturated heterocycles. The summed E-state index contributed by atoms with van der Waals surface area (Å²) in [5.74, 6) is -2.91. The first-order valence-corrected chi connectivity index (χ1v) is 9.09. The highest BCUT2D eigenvalue weighted by Crippen LogP contribution is 2.26. The van der Waals surface area contributed by atoms with Gasteiger partial charge in [0, 0.05) is 13.1 Å². The van der Waals surface area contributed by atoms with E-state index in [-0.39, 0.29) is 35.7 Å². The summed E-state index contributed by atoms with van der Waals surface area (Å²) in [6.45, 7) is -0.0771. The van der Waals surface area contributed by atoms with Gasteiger partial charge in [-0.25, -0.2) is 0 Å². The highest BCUT2D eigenvalue weighted by atomic mass is 16.3. The van der Waals surface area contributed by atoms with Crippen LogP contribution in [0.1, 0.15) is 11.1 Å². The molecule has 0 radical (unpaired) electrons. The van der Waals surface area contributed by atoms with E-state index in [0.29, 0.717) is 11.1 Å². The van der Waals surface area contributed by atoms with Crippen molar-refractivity contribution in [3.8, 4) is 35.1 Å². The van der Waals surface area contributed by atoms with Gasteiger partial charge in [-0.15, -0.1) is 0 Å².